The highest BCUT2D eigenvalue weighted by atomic mass is 16.5. The van der Waals surface area contributed by atoms with Gasteiger partial charge in [0.15, 0.2) is 0 Å². The van der Waals surface area contributed by atoms with Gasteiger partial charge in [0.2, 0.25) is 0 Å². The van der Waals surface area contributed by atoms with Crippen LogP contribution < -0.4 is 10.1 Å². The van der Waals surface area contributed by atoms with Crippen LogP contribution in [0.2, 0.25) is 0 Å². The first-order valence-electron chi connectivity index (χ1n) is 7.40. The van der Waals surface area contributed by atoms with Gasteiger partial charge >= 0.3 is 0 Å². The molecule has 0 aliphatic heterocycles. The number of hydrogen-bond acceptors (Lipinski definition) is 2. The quantitative estimate of drug-likeness (QED) is 0.747. The monoisotopic (exact) mass is 259 g/mol. The lowest BCUT2D eigenvalue weighted by Gasteiger charge is -2.15. The lowest BCUT2D eigenvalue weighted by molar-refractivity contribution is 0.346. The third kappa shape index (κ3) is 3.38. The molecule has 1 aliphatic rings. The number of benzene rings is 1. The molecular formula is C17H25NO. The Bertz CT molecular complexity index is 439. The summed E-state index contributed by atoms with van der Waals surface area (Å²) in [5, 5.41) is 3.62. The molecule has 1 aromatic carbocycles. The fourth-order valence-corrected chi connectivity index (χ4v) is 2.57. The smallest absolute Gasteiger partial charge is 0.123 e. The van der Waals surface area contributed by atoms with E-state index < -0.39 is 0 Å². The molecule has 1 aromatic rings. The van der Waals surface area contributed by atoms with E-state index in [1.165, 1.54) is 24.0 Å². The van der Waals surface area contributed by atoms with Gasteiger partial charge in [-0.15, -0.1) is 0 Å². The first-order chi connectivity index (χ1) is 9.26. The minimum Gasteiger partial charge on any atom is -0.489 e. The van der Waals surface area contributed by atoms with E-state index >= 15 is 0 Å². The first kappa shape index (κ1) is 14.1. The van der Waals surface area contributed by atoms with Crippen molar-refractivity contribution in [2.75, 3.05) is 13.2 Å². The zero-order valence-corrected chi connectivity index (χ0v) is 12.2. The topological polar surface area (TPSA) is 21.3 Å². The van der Waals surface area contributed by atoms with Gasteiger partial charge < -0.3 is 10.1 Å². The van der Waals surface area contributed by atoms with Crippen LogP contribution in [-0.2, 0) is 6.42 Å². The van der Waals surface area contributed by atoms with Gasteiger partial charge in [0, 0.05) is 6.04 Å². The van der Waals surface area contributed by atoms with Crippen molar-refractivity contribution in [2.45, 2.75) is 45.6 Å². The summed E-state index contributed by atoms with van der Waals surface area (Å²) in [5.41, 5.74) is 3.96. The van der Waals surface area contributed by atoms with Crippen LogP contribution in [0.5, 0.6) is 5.75 Å². The second-order valence-corrected chi connectivity index (χ2v) is 5.26. The Morgan fingerprint density at radius 1 is 1.42 bits per heavy atom. The van der Waals surface area contributed by atoms with Crippen LogP contribution in [-0.4, -0.2) is 13.2 Å². The highest BCUT2D eigenvalue weighted by Gasteiger charge is 2.24. The van der Waals surface area contributed by atoms with Crippen LogP contribution in [0.4, 0.5) is 0 Å². The Morgan fingerprint density at radius 2 is 2.26 bits per heavy atom. The van der Waals surface area contributed by atoms with Crippen LogP contribution in [0.3, 0.4) is 0 Å². The summed E-state index contributed by atoms with van der Waals surface area (Å²) in [6.07, 6.45) is 4.46. The Morgan fingerprint density at radius 3 is 3.00 bits per heavy atom. The molecule has 0 radical (unpaired) electrons. The van der Waals surface area contributed by atoms with Gasteiger partial charge in [-0.25, -0.2) is 0 Å². The molecule has 0 heterocycles. The molecule has 0 bridgehead atoms. The molecule has 1 unspecified atom stereocenters. The molecule has 0 amide bonds. The standard InChI is InChI=1S/C17H25NO/c1-4-11-18-16-10-9-15-14(16)7-6-8-17(15)19-12-13(3)5-2/h6-8,16,18H,3-5,9-12H2,1-2H3. The summed E-state index contributed by atoms with van der Waals surface area (Å²) in [6, 6.07) is 6.93. The summed E-state index contributed by atoms with van der Waals surface area (Å²) in [6.45, 7) is 10.0. The number of fused-ring (bicyclic) bond motifs is 1. The second kappa shape index (κ2) is 6.76. The van der Waals surface area contributed by atoms with Crippen molar-refractivity contribution in [3.8, 4) is 5.75 Å². The molecule has 2 nitrogen and oxygen atoms in total. The number of rotatable bonds is 7. The van der Waals surface area contributed by atoms with Crippen molar-refractivity contribution in [1.29, 1.82) is 0 Å². The Labute approximate surface area is 116 Å². The predicted molar refractivity (Wildman–Crippen MR) is 80.7 cm³/mol. The lowest BCUT2D eigenvalue weighted by atomic mass is 10.1. The van der Waals surface area contributed by atoms with E-state index in [-0.39, 0.29) is 0 Å². The van der Waals surface area contributed by atoms with Crippen LogP contribution in [0, 0.1) is 0 Å². The van der Waals surface area contributed by atoms with E-state index in [4.69, 9.17) is 4.74 Å². The zero-order valence-electron chi connectivity index (χ0n) is 12.2. The summed E-state index contributed by atoms with van der Waals surface area (Å²) in [4.78, 5) is 0. The van der Waals surface area contributed by atoms with Gasteiger partial charge in [0.25, 0.3) is 0 Å². The SMILES string of the molecule is C=C(CC)COc1cccc2c1CCC2NCCC. The van der Waals surface area contributed by atoms with Crippen molar-refractivity contribution < 1.29 is 4.74 Å². The van der Waals surface area contributed by atoms with E-state index in [9.17, 15) is 0 Å². The number of nitrogens with one attached hydrogen (secondary N) is 1. The zero-order chi connectivity index (χ0) is 13.7. The molecule has 1 atom stereocenters. The molecule has 1 aliphatic carbocycles. The highest BCUT2D eigenvalue weighted by molar-refractivity contribution is 5.45. The van der Waals surface area contributed by atoms with Crippen molar-refractivity contribution >= 4 is 0 Å². The van der Waals surface area contributed by atoms with Gasteiger partial charge in [-0.1, -0.05) is 32.6 Å². The van der Waals surface area contributed by atoms with Gasteiger partial charge in [0.05, 0.1) is 0 Å². The average molecular weight is 259 g/mol. The van der Waals surface area contributed by atoms with Crippen LogP contribution in [0.25, 0.3) is 0 Å². The van der Waals surface area contributed by atoms with Crippen LogP contribution in [0.1, 0.15) is 50.3 Å². The summed E-state index contributed by atoms with van der Waals surface area (Å²) in [5.74, 6) is 1.05. The summed E-state index contributed by atoms with van der Waals surface area (Å²) >= 11 is 0. The normalized spacial score (nSPS) is 17.3. The Hall–Kier alpha value is -1.28. The third-order valence-corrected chi connectivity index (χ3v) is 3.80. The summed E-state index contributed by atoms with van der Waals surface area (Å²) in [7, 11) is 0. The molecule has 104 valence electrons. The molecule has 2 heteroatoms. The molecule has 19 heavy (non-hydrogen) atoms. The van der Waals surface area contributed by atoms with E-state index in [1.54, 1.807) is 0 Å². The van der Waals surface area contributed by atoms with E-state index in [0.29, 0.717) is 12.6 Å². The maximum Gasteiger partial charge on any atom is 0.123 e. The van der Waals surface area contributed by atoms with E-state index in [2.05, 4.69) is 43.9 Å². The van der Waals surface area contributed by atoms with Gasteiger partial charge in [-0.05, 0) is 55.0 Å². The molecule has 0 spiro atoms. The van der Waals surface area contributed by atoms with Crippen LogP contribution in [0.15, 0.2) is 30.4 Å². The molecule has 0 fully saturated rings. The maximum atomic E-state index is 5.93. The molecular weight excluding hydrogens is 234 g/mol. The molecule has 0 aromatic heterocycles. The summed E-state index contributed by atoms with van der Waals surface area (Å²) < 4.78 is 5.93. The largest absolute Gasteiger partial charge is 0.489 e. The molecule has 2 rings (SSSR count). The first-order valence-corrected chi connectivity index (χ1v) is 7.40. The van der Waals surface area contributed by atoms with Gasteiger partial charge in [-0.2, -0.15) is 0 Å². The van der Waals surface area contributed by atoms with Crippen LogP contribution >= 0.6 is 0 Å². The Kier molecular flexibility index (Phi) is 5.03. The van der Waals surface area contributed by atoms with Crippen molar-refractivity contribution in [1.82, 2.24) is 5.32 Å². The number of ether oxygens (including phenoxy) is 1. The molecule has 0 saturated carbocycles. The van der Waals surface area contributed by atoms with Crippen molar-refractivity contribution in [3.05, 3.63) is 41.5 Å². The fourth-order valence-electron chi connectivity index (χ4n) is 2.57. The second-order valence-electron chi connectivity index (χ2n) is 5.26. The highest BCUT2D eigenvalue weighted by Crippen LogP contribution is 2.37. The Balaban J connectivity index is 2.07. The van der Waals surface area contributed by atoms with Gasteiger partial charge in [0.1, 0.15) is 12.4 Å². The third-order valence-electron chi connectivity index (χ3n) is 3.80. The fraction of sp³-hybridized carbons (Fsp3) is 0.529. The molecule has 1 N–H and O–H groups in total. The van der Waals surface area contributed by atoms with Crippen molar-refractivity contribution in [3.63, 3.8) is 0 Å². The number of hydrogen-bond donors (Lipinski definition) is 1. The average Bonchev–Trinajstić information content (AvgIpc) is 2.86. The maximum absolute atomic E-state index is 5.93. The minimum absolute atomic E-state index is 0.507. The van der Waals surface area contributed by atoms with E-state index in [0.717, 1.165) is 30.7 Å². The van der Waals surface area contributed by atoms with Gasteiger partial charge in [-0.3, -0.25) is 0 Å². The molecule has 0 saturated heterocycles. The lowest BCUT2D eigenvalue weighted by Crippen LogP contribution is -2.19. The minimum atomic E-state index is 0.507. The van der Waals surface area contributed by atoms with Crippen molar-refractivity contribution in [2.24, 2.45) is 0 Å². The van der Waals surface area contributed by atoms with E-state index in [1.807, 2.05) is 0 Å². The predicted octanol–water partition coefficient (Wildman–Crippen LogP) is 4.02.